The van der Waals surface area contributed by atoms with Gasteiger partial charge >= 0.3 is 74.6 Å². The SMILES string of the molecule is O=P([O-])([O-])N(P(=O)(O)O)P(=O)(O)O.[Na+].[Na+]. The predicted molar refractivity (Wildman–Crippen MR) is 33.5 cm³/mol. The Kier molecular flexibility index (Phi) is 10.7. The average molecular weight is 301 g/mol. The third-order valence-corrected chi connectivity index (χ3v) is 6.17. The zero-order valence-electron chi connectivity index (χ0n) is 7.62. The summed E-state index contributed by atoms with van der Waals surface area (Å²) >= 11 is 0. The molecule has 4 N–H and O–H groups in total. The van der Waals surface area contributed by atoms with Gasteiger partial charge in [-0.2, -0.15) is 0 Å². The molecule has 0 fully saturated rings. The van der Waals surface area contributed by atoms with Crippen LogP contribution in [0.1, 0.15) is 0 Å². The van der Waals surface area contributed by atoms with Crippen LogP contribution in [0, 0.1) is 0 Å². The largest absolute Gasteiger partial charge is 1.00 e. The third kappa shape index (κ3) is 8.18. The Balaban J connectivity index is -0.000000720. The van der Waals surface area contributed by atoms with Crippen molar-refractivity contribution in [3.05, 3.63) is 0 Å². The van der Waals surface area contributed by atoms with E-state index in [-0.39, 0.29) is 59.1 Å². The molecule has 0 aromatic heterocycles. The summed E-state index contributed by atoms with van der Waals surface area (Å²) in [5.74, 6) is 0. The van der Waals surface area contributed by atoms with E-state index >= 15 is 0 Å². The van der Waals surface area contributed by atoms with E-state index in [1.54, 1.807) is 0 Å². The van der Waals surface area contributed by atoms with Crippen LogP contribution in [0.3, 0.4) is 0 Å². The summed E-state index contributed by atoms with van der Waals surface area (Å²) in [6.45, 7) is 0. The zero-order chi connectivity index (χ0) is 11.1. The molecule has 80 valence electrons. The molecule has 0 rings (SSSR count). The van der Waals surface area contributed by atoms with Crippen LogP contribution < -0.4 is 68.9 Å². The van der Waals surface area contributed by atoms with Crippen LogP contribution in [0.25, 0.3) is 0 Å². The fourth-order valence-corrected chi connectivity index (χ4v) is 3.93. The molecule has 0 aliphatic carbocycles. The Morgan fingerprint density at radius 3 is 1.00 bits per heavy atom. The van der Waals surface area contributed by atoms with Gasteiger partial charge in [-0.15, -0.1) is 0 Å². The number of hydrogen-bond donors (Lipinski definition) is 4. The van der Waals surface area contributed by atoms with E-state index in [9.17, 15) is 23.5 Å². The van der Waals surface area contributed by atoms with Crippen LogP contribution in [-0.4, -0.2) is 23.8 Å². The molecule has 0 spiro atoms. The molecule has 15 heteroatoms. The van der Waals surface area contributed by atoms with Crippen LogP contribution in [0.5, 0.6) is 0 Å². The van der Waals surface area contributed by atoms with Gasteiger partial charge in [0.15, 0.2) is 0 Å². The minimum Gasteiger partial charge on any atom is -0.798 e. The van der Waals surface area contributed by atoms with Gasteiger partial charge in [0.1, 0.15) is 0 Å². The molecule has 0 saturated carbocycles. The molecule has 0 aromatic carbocycles. The van der Waals surface area contributed by atoms with Crippen molar-refractivity contribution in [1.29, 1.82) is 0 Å². The Morgan fingerprint density at radius 1 is 0.800 bits per heavy atom. The van der Waals surface area contributed by atoms with Crippen molar-refractivity contribution in [2.24, 2.45) is 0 Å². The number of nitrogens with zero attached hydrogens (tertiary/aromatic N) is 1. The summed E-state index contributed by atoms with van der Waals surface area (Å²) < 4.78 is 28.7. The topological polar surface area (TPSA) is 181 Å². The standard InChI is InChI=1S/H6NO9P3.2Na/c2-11(3,4)1(12(5,6)7)13(8,9)10;;/h(H2,2,3,4)(H2,5,6,7)(H2,8,9,10);;/q;2*+1/p-2. The van der Waals surface area contributed by atoms with Gasteiger partial charge in [0.05, 0.1) is 0 Å². The molecule has 0 heterocycles. The quantitative estimate of drug-likeness (QED) is 0.288. The number of rotatable bonds is 3. The van der Waals surface area contributed by atoms with Crippen LogP contribution in [0.15, 0.2) is 0 Å². The van der Waals surface area contributed by atoms with Gasteiger partial charge in [-0.1, -0.05) is 4.21 Å². The summed E-state index contributed by atoms with van der Waals surface area (Å²) in [7, 11) is -17.9. The van der Waals surface area contributed by atoms with Crippen LogP contribution in [0.2, 0.25) is 0 Å². The normalized spacial score (nSPS) is 13.0. The molecule has 0 bridgehead atoms. The second-order valence-electron chi connectivity index (χ2n) is 1.76. The van der Waals surface area contributed by atoms with Gasteiger partial charge in [-0.25, -0.2) is 9.13 Å². The Hall–Kier alpha value is 2.41. The van der Waals surface area contributed by atoms with Crippen molar-refractivity contribution in [3.63, 3.8) is 0 Å². The first-order chi connectivity index (χ1) is 5.37. The summed E-state index contributed by atoms with van der Waals surface area (Å²) in [5, 5.41) is 0. The molecule has 10 nitrogen and oxygen atoms in total. The molecule has 0 saturated heterocycles. The van der Waals surface area contributed by atoms with E-state index in [0.717, 1.165) is 0 Å². The molecule has 0 aromatic rings. The Morgan fingerprint density at radius 2 is 1.00 bits per heavy atom. The van der Waals surface area contributed by atoms with Gasteiger partial charge in [-0.3, -0.25) is 0 Å². The smallest absolute Gasteiger partial charge is 0.798 e. The van der Waals surface area contributed by atoms with Crippen LogP contribution >= 0.6 is 23.2 Å². The molecule has 0 aliphatic heterocycles. The fourth-order valence-electron chi connectivity index (χ4n) is 0.437. The minimum absolute atomic E-state index is 0. The summed E-state index contributed by atoms with van der Waals surface area (Å²) in [4.78, 5) is 52.6. The van der Waals surface area contributed by atoms with Crippen molar-refractivity contribution in [3.8, 4) is 0 Å². The van der Waals surface area contributed by atoms with E-state index in [1.807, 2.05) is 0 Å². The van der Waals surface area contributed by atoms with E-state index in [4.69, 9.17) is 19.6 Å². The van der Waals surface area contributed by atoms with Gasteiger partial charge in [-0.05, 0) is 0 Å². The summed E-state index contributed by atoms with van der Waals surface area (Å²) in [5.41, 5.74) is 0. The minimum atomic E-state index is -6.21. The Bertz CT molecular complexity index is 268. The first-order valence-corrected chi connectivity index (χ1v) is 6.94. The van der Waals surface area contributed by atoms with Crippen molar-refractivity contribution >= 4 is 23.2 Å². The third-order valence-electron chi connectivity index (χ3n) is 0.685. The average Bonchev–Trinajstić information content (AvgIpc) is 1.44. The van der Waals surface area contributed by atoms with Crippen molar-refractivity contribution in [2.45, 2.75) is 0 Å². The second kappa shape index (κ2) is 7.11. The van der Waals surface area contributed by atoms with Crippen molar-refractivity contribution in [2.75, 3.05) is 0 Å². The van der Waals surface area contributed by atoms with Gasteiger partial charge in [0, 0.05) is 7.75 Å². The maximum absolute atomic E-state index is 10.2. The molecule has 0 atom stereocenters. The second-order valence-corrected chi connectivity index (χ2v) is 6.90. The van der Waals surface area contributed by atoms with Crippen LogP contribution in [-0.2, 0) is 13.7 Å². The van der Waals surface area contributed by atoms with Crippen LogP contribution in [0.4, 0.5) is 0 Å². The molecule has 0 radical (unpaired) electrons. The summed E-state index contributed by atoms with van der Waals surface area (Å²) in [6.07, 6.45) is 0. The monoisotopic (exact) mass is 301 g/mol. The summed E-state index contributed by atoms with van der Waals surface area (Å²) in [6, 6.07) is 0. The molecule has 15 heavy (non-hydrogen) atoms. The predicted octanol–water partition coefficient (Wildman–Crippen LogP) is -8.69. The van der Waals surface area contributed by atoms with E-state index in [1.165, 1.54) is 0 Å². The van der Waals surface area contributed by atoms with E-state index in [2.05, 4.69) is 0 Å². The maximum atomic E-state index is 10.2. The van der Waals surface area contributed by atoms with Crippen molar-refractivity contribution in [1.82, 2.24) is 4.21 Å². The first kappa shape index (κ1) is 22.6. The molecular formula is H4NNa2O9P3. The molecule has 0 amide bonds. The van der Waals surface area contributed by atoms with Gasteiger partial charge in [0.2, 0.25) is 0 Å². The fraction of sp³-hybridized carbons (Fsp3) is 0. The van der Waals surface area contributed by atoms with Gasteiger partial charge < -0.3 is 33.9 Å². The molecular weight excluding hydrogens is 297 g/mol. The Labute approximate surface area is 128 Å². The molecule has 0 aliphatic rings. The zero-order valence-corrected chi connectivity index (χ0v) is 14.3. The first-order valence-electron chi connectivity index (χ1n) is 2.31. The van der Waals surface area contributed by atoms with E-state index in [0.29, 0.717) is 0 Å². The van der Waals surface area contributed by atoms with E-state index < -0.39 is 27.5 Å². The maximum Gasteiger partial charge on any atom is 1.00 e. The van der Waals surface area contributed by atoms with Gasteiger partial charge in [0.25, 0.3) is 0 Å². The van der Waals surface area contributed by atoms with Crippen molar-refractivity contribution < 1.29 is 102 Å². The molecule has 0 unspecified atom stereocenters. The number of hydrogen-bond acceptors (Lipinski definition) is 5.